The molecule has 3 nitrogen and oxygen atoms in total. The second kappa shape index (κ2) is 6.92. The van der Waals surface area contributed by atoms with Crippen molar-refractivity contribution in [3.05, 3.63) is 29.6 Å². The van der Waals surface area contributed by atoms with E-state index in [2.05, 4.69) is 24.5 Å². The van der Waals surface area contributed by atoms with Crippen LogP contribution in [0.2, 0.25) is 0 Å². The Kier molecular flexibility index (Phi) is 5.21. The molecule has 0 spiro atoms. The molecule has 1 fully saturated rings. The molecule has 1 saturated carbocycles. The van der Waals surface area contributed by atoms with E-state index in [1.54, 1.807) is 12.1 Å². The average molecular weight is 292 g/mol. The highest BCUT2D eigenvalue weighted by molar-refractivity contribution is 5.99. The highest BCUT2D eigenvalue weighted by atomic mass is 19.1. The number of hydrogen-bond acceptors (Lipinski definition) is 2. The third kappa shape index (κ3) is 3.74. The Bertz CT molecular complexity index is 504. The Morgan fingerprint density at radius 1 is 1.33 bits per heavy atom. The molecule has 1 amide bonds. The summed E-state index contributed by atoms with van der Waals surface area (Å²) in [6.45, 7) is 6.90. The van der Waals surface area contributed by atoms with Gasteiger partial charge in [0.2, 0.25) is 0 Å². The van der Waals surface area contributed by atoms with E-state index >= 15 is 0 Å². The molecule has 3 unspecified atom stereocenters. The molecule has 0 aromatic heterocycles. The van der Waals surface area contributed by atoms with Gasteiger partial charge in [0.05, 0.1) is 11.3 Å². The number of benzene rings is 1. The number of carbonyl (C=O) groups is 1. The molecule has 2 N–H and O–H groups in total. The molecular formula is C17H25FN2O. The van der Waals surface area contributed by atoms with Crippen LogP contribution in [0.5, 0.6) is 0 Å². The number of para-hydroxylation sites is 1. The van der Waals surface area contributed by atoms with Gasteiger partial charge in [-0.15, -0.1) is 0 Å². The van der Waals surface area contributed by atoms with Gasteiger partial charge >= 0.3 is 0 Å². The van der Waals surface area contributed by atoms with E-state index in [0.29, 0.717) is 23.7 Å². The van der Waals surface area contributed by atoms with Crippen molar-refractivity contribution in [3.63, 3.8) is 0 Å². The lowest BCUT2D eigenvalue weighted by Gasteiger charge is -2.33. The summed E-state index contributed by atoms with van der Waals surface area (Å²) in [5.41, 5.74) is 0.692. The molecule has 116 valence electrons. The molecule has 2 rings (SSSR count). The summed E-state index contributed by atoms with van der Waals surface area (Å²) in [6.07, 6.45) is 3.27. The van der Waals surface area contributed by atoms with Crippen molar-refractivity contribution in [1.82, 2.24) is 5.32 Å². The zero-order chi connectivity index (χ0) is 15.4. The van der Waals surface area contributed by atoms with Crippen LogP contribution in [0.4, 0.5) is 10.1 Å². The summed E-state index contributed by atoms with van der Waals surface area (Å²) in [7, 11) is 0. The van der Waals surface area contributed by atoms with Crippen molar-refractivity contribution in [1.29, 1.82) is 0 Å². The van der Waals surface area contributed by atoms with Crippen LogP contribution >= 0.6 is 0 Å². The maximum absolute atomic E-state index is 13.9. The van der Waals surface area contributed by atoms with Crippen LogP contribution in [0.3, 0.4) is 0 Å². The van der Waals surface area contributed by atoms with Crippen LogP contribution in [0, 0.1) is 17.7 Å². The van der Waals surface area contributed by atoms with E-state index in [9.17, 15) is 9.18 Å². The molecule has 0 saturated heterocycles. The van der Waals surface area contributed by atoms with Gasteiger partial charge < -0.3 is 10.6 Å². The van der Waals surface area contributed by atoms with Crippen molar-refractivity contribution in [2.45, 2.75) is 46.1 Å². The zero-order valence-corrected chi connectivity index (χ0v) is 13.1. The van der Waals surface area contributed by atoms with Crippen LogP contribution in [-0.2, 0) is 0 Å². The van der Waals surface area contributed by atoms with Gasteiger partial charge in [0.15, 0.2) is 0 Å². The molecule has 1 aliphatic rings. The van der Waals surface area contributed by atoms with Gasteiger partial charge in [-0.25, -0.2) is 4.39 Å². The number of carbonyl (C=O) groups excluding carboxylic acids is 1. The van der Waals surface area contributed by atoms with Gasteiger partial charge in [0, 0.05) is 12.6 Å². The van der Waals surface area contributed by atoms with Crippen LogP contribution in [0.25, 0.3) is 0 Å². The van der Waals surface area contributed by atoms with Gasteiger partial charge in [-0.3, -0.25) is 4.79 Å². The van der Waals surface area contributed by atoms with Crippen molar-refractivity contribution in [3.8, 4) is 0 Å². The zero-order valence-electron chi connectivity index (χ0n) is 13.1. The van der Waals surface area contributed by atoms with Crippen molar-refractivity contribution in [2.24, 2.45) is 11.8 Å². The van der Waals surface area contributed by atoms with E-state index in [1.807, 2.05) is 6.92 Å². The molecule has 0 bridgehead atoms. The van der Waals surface area contributed by atoms with Gasteiger partial charge in [-0.2, -0.15) is 0 Å². The largest absolute Gasteiger partial charge is 0.382 e. The highest BCUT2D eigenvalue weighted by Gasteiger charge is 2.27. The Labute approximate surface area is 126 Å². The fraction of sp³-hybridized carbons (Fsp3) is 0.588. The first-order chi connectivity index (χ1) is 10.0. The van der Waals surface area contributed by atoms with Gasteiger partial charge in [0.25, 0.3) is 5.91 Å². The second-order valence-electron chi connectivity index (χ2n) is 6.17. The minimum absolute atomic E-state index is 0.183. The molecule has 3 atom stereocenters. The fourth-order valence-corrected chi connectivity index (χ4v) is 3.20. The molecular weight excluding hydrogens is 267 g/mol. The summed E-state index contributed by atoms with van der Waals surface area (Å²) in [6, 6.07) is 4.82. The molecule has 0 aliphatic heterocycles. The van der Waals surface area contributed by atoms with Crippen LogP contribution < -0.4 is 10.6 Å². The first-order valence-electron chi connectivity index (χ1n) is 7.86. The lowest BCUT2D eigenvalue weighted by molar-refractivity contribution is 0.0900. The lowest BCUT2D eigenvalue weighted by Crippen LogP contribution is -2.42. The molecule has 1 aliphatic carbocycles. The number of rotatable bonds is 4. The third-order valence-corrected chi connectivity index (χ3v) is 4.36. The van der Waals surface area contributed by atoms with E-state index in [0.717, 1.165) is 25.2 Å². The molecule has 0 heterocycles. The first kappa shape index (κ1) is 15.8. The lowest BCUT2D eigenvalue weighted by atomic mass is 9.80. The van der Waals surface area contributed by atoms with Crippen LogP contribution in [0.15, 0.2) is 18.2 Å². The fourth-order valence-electron chi connectivity index (χ4n) is 3.20. The first-order valence-corrected chi connectivity index (χ1v) is 7.86. The SMILES string of the molecule is CCNc1c(F)cccc1C(=O)NC1CCC(C)CC1C. The Hall–Kier alpha value is -1.58. The van der Waals surface area contributed by atoms with Crippen molar-refractivity contribution in [2.75, 3.05) is 11.9 Å². The molecule has 21 heavy (non-hydrogen) atoms. The molecule has 0 radical (unpaired) electrons. The monoisotopic (exact) mass is 292 g/mol. The van der Waals surface area contributed by atoms with Crippen LogP contribution in [0.1, 0.15) is 50.4 Å². The minimum atomic E-state index is -0.380. The minimum Gasteiger partial charge on any atom is -0.382 e. The smallest absolute Gasteiger partial charge is 0.253 e. The summed E-state index contributed by atoms with van der Waals surface area (Å²) in [4.78, 5) is 12.5. The average Bonchev–Trinajstić information content (AvgIpc) is 2.44. The molecule has 1 aromatic rings. The summed E-state index contributed by atoms with van der Waals surface area (Å²) in [5.74, 6) is 0.625. The Morgan fingerprint density at radius 3 is 2.76 bits per heavy atom. The predicted molar refractivity (Wildman–Crippen MR) is 84.0 cm³/mol. The number of anilines is 1. The number of amides is 1. The summed E-state index contributed by atoms with van der Waals surface area (Å²) < 4.78 is 13.9. The van der Waals surface area contributed by atoms with E-state index in [1.165, 1.54) is 6.07 Å². The molecule has 4 heteroatoms. The van der Waals surface area contributed by atoms with Gasteiger partial charge in [0.1, 0.15) is 5.82 Å². The topological polar surface area (TPSA) is 41.1 Å². The standard InChI is InChI=1S/C17H25FN2O/c1-4-19-16-13(6-5-7-14(16)18)17(21)20-15-9-8-11(2)10-12(15)3/h5-7,11-12,15,19H,4,8-10H2,1-3H3,(H,20,21). The predicted octanol–water partition coefficient (Wildman–Crippen LogP) is 3.81. The second-order valence-corrected chi connectivity index (χ2v) is 6.17. The van der Waals surface area contributed by atoms with Crippen molar-refractivity contribution >= 4 is 11.6 Å². The third-order valence-electron chi connectivity index (χ3n) is 4.36. The Morgan fingerprint density at radius 2 is 2.10 bits per heavy atom. The summed E-state index contributed by atoms with van der Waals surface area (Å²) >= 11 is 0. The maximum Gasteiger partial charge on any atom is 0.253 e. The highest BCUT2D eigenvalue weighted by Crippen LogP contribution is 2.29. The van der Waals surface area contributed by atoms with Crippen molar-refractivity contribution < 1.29 is 9.18 Å². The number of halogens is 1. The van der Waals surface area contributed by atoms with Crippen LogP contribution in [-0.4, -0.2) is 18.5 Å². The van der Waals surface area contributed by atoms with E-state index in [4.69, 9.17) is 0 Å². The Balaban J connectivity index is 2.12. The number of hydrogen-bond donors (Lipinski definition) is 2. The number of nitrogens with one attached hydrogen (secondary N) is 2. The van der Waals surface area contributed by atoms with Gasteiger partial charge in [-0.1, -0.05) is 19.9 Å². The van der Waals surface area contributed by atoms with E-state index in [-0.39, 0.29) is 17.8 Å². The van der Waals surface area contributed by atoms with Gasteiger partial charge in [-0.05, 0) is 50.2 Å². The summed E-state index contributed by atoms with van der Waals surface area (Å²) in [5, 5.41) is 6.03. The quantitative estimate of drug-likeness (QED) is 0.886. The normalized spacial score (nSPS) is 25.4. The van der Waals surface area contributed by atoms with E-state index < -0.39 is 0 Å². The maximum atomic E-state index is 13.9. The molecule has 1 aromatic carbocycles.